The van der Waals surface area contributed by atoms with Gasteiger partial charge in [0.1, 0.15) is 23.0 Å². The van der Waals surface area contributed by atoms with Crippen LogP contribution >= 0.6 is 11.8 Å². The van der Waals surface area contributed by atoms with E-state index in [0.717, 1.165) is 11.3 Å². The largest absolute Gasteiger partial charge is 0.497 e. The number of thioether (sulfide) groups is 1. The van der Waals surface area contributed by atoms with Crippen molar-refractivity contribution in [3.05, 3.63) is 78.4 Å². The van der Waals surface area contributed by atoms with Crippen LogP contribution in [0.5, 0.6) is 23.0 Å². The number of para-hydroxylation sites is 1. The molecule has 4 rings (SSSR count). The number of carbonyl (C=O) groups excluding carboxylic acids is 1. The first-order valence-corrected chi connectivity index (χ1v) is 10.8. The fourth-order valence-electron chi connectivity index (χ4n) is 2.97. The summed E-state index contributed by atoms with van der Waals surface area (Å²) in [4.78, 5) is 17.0. The molecule has 0 aliphatic rings. The Labute approximate surface area is 189 Å². The number of methoxy groups -OCH3 is 2. The molecule has 4 aromatic rings. The van der Waals surface area contributed by atoms with Crippen LogP contribution in [0.25, 0.3) is 11.4 Å². The van der Waals surface area contributed by atoms with E-state index in [9.17, 15) is 4.79 Å². The number of benzene rings is 3. The maximum absolute atomic E-state index is 12.6. The van der Waals surface area contributed by atoms with Crippen molar-refractivity contribution in [3.8, 4) is 34.4 Å². The molecular weight excluding hydrogens is 426 g/mol. The SMILES string of the molecule is COc1ccc(-c2nc(SCC(=O)c3ccc(Oc4ccccc4)cc3)n[nH]2)c(OC)c1. The van der Waals surface area contributed by atoms with E-state index in [1.54, 1.807) is 44.6 Å². The second-order valence-corrected chi connectivity index (χ2v) is 7.63. The van der Waals surface area contributed by atoms with Crippen molar-refractivity contribution < 1.29 is 19.0 Å². The number of nitrogens with zero attached hydrogens (tertiary/aromatic N) is 2. The Morgan fingerprint density at radius 3 is 2.34 bits per heavy atom. The number of hydrogen-bond acceptors (Lipinski definition) is 7. The predicted molar refractivity (Wildman–Crippen MR) is 123 cm³/mol. The van der Waals surface area contributed by atoms with E-state index in [1.165, 1.54) is 11.8 Å². The van der Waals surface area contributed by atoms with Gasteiger partial charge in [0.15, 0.2) is 11.6 Å². The van der Waals surface area contributed by atoms with Crippen LogP contribution in [0.1, 0.15) is 10.4 Å². The third kappa shape index (κ3) is 5.09. The molecule has 0 unspecified atom stereocenters. The van der Waals surface area contributed by atoms with E-state index >= 15 is 0 Å². The molecule has 162 valence electrons. The highest BCUT2D eigenvalue weighted by Crippen LogP contribution is 2.32. The highest BCUT2D eigenvalue weighted by molar-refractivity contribution is 7.99. The van der Waals surface area contributed by atoms with Crippen LogP contribution < -0.4 is 14.2 Å². The van der Waals surface area contributed by atoms with Gasteiger partial charge in [0.05, 0.1) is 25.5 Å². The van der Waals surface area contributed by atoms with Crippen molar-refractivity contribution in [3.63, 3.8) is 0 Å². The second kappa shape index (κ2) is 10.0. The number of aromatic nitrogens is 3. The number of H-pyrrole nitrogens is 1. The number of ether oxygens (including phenoxy) is 3. The molecule has 0 saturated heterocycles. The Hall–Kier alpha value is -3.78. The van der Waals surface area contributed by atoms with Crippen molar-refractivity contribution in [2.24, 2.45) is 0 Å². The minimum Gasteiger partial charge on any atom is -0.497 e. The summed E-state index contributed by atoms with van der Waals surface area (Å²) in [7, 11) is 3.18. The summed E-state index contributed by atoms with van der Waals surface area (Å²) in [5.74, 6) is 3.48. The zero-order chi connectivity index (χ0) is 22.3. The topological polar surface area (TPSA) is 86.3 Å². The molecule has 0 saturated carbocycles. The summed E-state index contributed by atoms with van der Waals surface area (Å²) in [6.07, 6.45) is 0. The average molecular weight is 448 g/mol. The zero-order valence-corrected chi connectivity index (χ0v) is 18.4. The lowest BCUT2D eigenvalue weighted by molar-refractivity contribution is 0.102. The first kappa shape index (κ1) is 21.5. The lowest BCUT2D eigenvalue weighted by Gasteiger charge is -2.07. The number of hydrogen-bond donors (Lipinski definition) is 1. The van der Waals surface area contributed by atoms with E-state index in [0.29, 0.717) is 33.8 Å². The number of nitrogens with one attached hydrogen (secondary N) is 1. The summed E-state index contributed by atoms with van der Waals surface area (Å²) >= 11 is 1.27. The van der Waals surface area contributed by atoms with E-state index in [1.807, 2.05) is 42.5 Å². The third-order valence-corrected chi connectivity index (χ3v) is 5.46. The minimum absolute atomic E-state index is 0.0189. The summed E-state index contributed by atoms with van der Waals surface area (Å²) in [5.41, 5.74) is 1.36. The van der Waals surface area contributed by atoms with Gasteiger partial charge in [-0.2, -0.15) is 0 Å². The maximum atomic E-state index is 12.6. The van der Waals surface area contributed by atoms with Gasteiger partial charge in [0.2, 0.25) is 5.16 Å². The Balaban J connectivity index is 1.37. The van der Waals surface area contributed by atoms with Gasteiger partial charge in [-0.25, -0.2) is 4.98 Å². The summed E-state index contributed by atoms with van der Waals surface area (Å²) in [6.45, 7) is 0. The predicted octanol–water partition coefficient (Wildman–Crippen LogP) is 5.26. The maximum Gasteiger partial charge on any atom is 0.209 e. The Morgan fingerprint density at radius 2 is 1.62 bits per heavy atom. The highest BCUT2D eigenvalue weighted by Gasteiger charge is 2.14. The van der Waals surface area contributed by atoms with E-state index in [2.05, 4.69) is 15.2 Å². The van der Waals surface area contributed by atoms with Crippen LogP contribution in [0.2, 0.25) is 0 Å². The molecule has 32 heavy (non-hydrogen) atoms. The molecule has 0 spiro atoms. The highest BCUT2D eigenvalue weighted by atomic mass is 32.2. The van der Waals surface area contributed by atoms with Crippen LogP contribution in [0.4, 0.5) is 0 Å². The number of ketones is 1. The molecule has 0 fully saturated rings. The monoisotopic (exact) mass is 447 g/mol. The van der Waals surface area contributed by atoms with Gasteiger partial charge in [-0.15, -0.1) is 5.10 Å². The molecule has 7 nitrogen and oxygen atoms in total. The van der Waals surface area contributed by atoms with Crippen molar-refractivity contribution in [2.45, 2.75) is 5.16 Å². The van der Waals surface area contributed by atoms with Crippen LogP contribution in [-0.2, 0) is 0 Å². The van der Waals surface area contributed by atoms with Gasteiger partial charge < -0.3 is 14.2 Å². The lowest BCUT2D eigenvalue weighted by atomic mass is 10.1. The molecule has 1 N–H and O–H groups in total. The minimum atomic E-state index is -0.0189. The van der Waals surface area contributed by atoms with Gasteiger partial charge in [-0.05, 0) is 48.5 Å². The normalized spacial score (nSPS) is 10.6. The molecule has 0 amide bonds. The number of carbonyl (C=O) groups is 1. The molecule has 8 heteroatoms. The summed E-state index contributed by atoms with van der Waals surface area (Å²) < 4.78 is 16.4. The van der Waals surface area contributed by atoms with Crippen molar-refractivity contribution >= 4 is 17.5 Å². The zero-order valence-electron chi connectivity index (χ0n) is 17.6. The van der Waals surface area contributed by atoms with Crippen LogP contribution in [0, 0.1) is 0 Å². The van der Waals surface area contributed by atoms with Crippen molar-refractivity contribution in [1.82, 2.24) is 15.2 Å². The third-order valence-electron chi connectivity index (χ3n) is 4.62. The molecule has 1 aromatic heterocycles. The number of aromatic amines is 1. The summed E-state index contributed by atoms with van der Waals surface area (Å²) in [6, 6.07) is 22.0. The number of Topliss-reactive ketones (excluding diaryl/α,β-unsaturated/α-hetero) is 1. The number of rotatable bonds is 9. The van der Waals surface area contributed by atoms with Gasteiger partial charge in [-0.1, -0.05) is 30.0 Å². The molecule has 0 aliphatic heterocycles. The second-order valence-electron chi connectivity index (χ2n) is 6.68. The van der Waals surface area contributed by atoms with Crippen molar-refractivity contribution in [2.75, 3.05) is 20.0 Å². The smallest absolute Gasteiger partial charge is 0.209 e. The van der Waals surface area contributed by atoms with Gasteiger partial charge in [0.25, 0.3) is 0 Å². The fraction of sp³-hybridized carbons (Fsp3) is 0.125. The first-order valence-electron chi connectivity index (χ1n) is 9.80. The van der Waals surface area contributed by atoms with Crippen LogP contribution in [0.3, 0.4) is 0 Å². The molecular formula is C24H21N3O4S. The van der Waals surface area contributed by atoms with Gasteiger partial charge >= 0.3 is 0 Å². The Kier molecular flexibility index (Phi) is 6.72. The fourth-order valence-corrected chi connectivity index (χ4v) is 3.67. The molecule has 3 aromatic carbocycles. The molecule has 0 aliphatic carbocycles. The summed E-state index contributed by atoms with van der Waals surface area (Å²) in [5, 5.41) is 7.58. The Bertz CT molecular complexity index is 1190. The van der Waals surface area contributed by atoms with Crippen LogP contribution in [0.15, 0.2) is 78.0 Å². The van der Waals surface area contributed by atoms with E-state index in [-0.39, 0.29) is 11.5 Å². The quantitative estimate of drug-likeness (QED) is 0.277. The van der Waals surface area contributed by atoms with E-state index < -0.39 is 0 Å². The van der Waals surface area contributed by atoms with Crippen molar-refractivity contribution in [1.29, 1.82) is 0 Å². The molecule has 0 atom stereocenters. The van der Waals surface area contributed by atoms with Gasteiger partial charge in [-0.3, -0.25) is 9.89 Å². The van der Waals surface area contributed by atoms with Gasteiger partial charge in [0, 0.05) is 11.6 Å². The average Bonchev–Trinajstić information content (AvgIpc) is 3.32. The molecule has 0 bridgehead atoms. The standard InChI is InChI=1S/C24H21N3O4S/c1-29-19-12-13-20(22(14-19)30-2)23-25-24(27-26-23)32-15-21(28)16-8-10-18(11-9-16)31-17-6-4-3-5-7-17/h3-14H,15H2,1-2H3,(H,25,26,27). The van der Waals surface area contributed by atoms with E-state index in [4.69, 9.17) is 14.2 Å². The lowest BCUT2D eigenvalue weighted by Crippen LogP contribution is -2.02. The first-order chi connectivity index (χ1) is 15.7. The molecule has 1 heterocycles. The molecule has 0 radical (unpaired) electrons. The van der Waals surface area contributed by atoms with Crippen LogP contribution in [-0.4, -0.2) is 40.9 Å². The Morgan fingerprint density at radius 1 is 0.906 bits per heavy atom.